The average Bonchev–Trinajstić information content (AvgIpc) is 2.46. The van der Waals surface area contributed by atoms with Gasteiger partial charge in [-0.05, 0) is 25.7 Å². The summed E-state index contributed by atoms with van der Waals surface area (Å²) in [4.78, 5) is 0.613. The Hall–Kier alpha value is 0.440. The van der Waals surface area contributed by atoms with Crippen LogP contribution >= 0.6 is 15.9 Å². The fourth-order valence-electron chi connectivity index (χ4n) is 2.83. The first-order valence-corrected chi connectivity index (χ1v) is 7.57. The Labute approximate surface area is 102 Å². The molecule has 2 fully saturated rings. The molecule has 2 atom stereocenters. The second-order valence-corrected chi connectivity index (χ2v) is 6.26. The third kappa shape index (κ3) is 3.74. The molecule has 0 heterocycles. The molecule has 2 aliphatic rings. The summed E-state index contributed by atoms with van der Waals surface area (Å²) in [6, 6.07) is 0. The maximum atomic E-state index is 6.28. The van der Waals surface area contributed by atoms with Crippen molar-refractivity contribution in [1.82, 2.24) is 0 Å². The molecule has 2 aliphatic carbocycles. The number of hydrogen-bond donors (Lipinski definition) is 0. The first-order chi connectivity index (χ1) is 7.36. The van der Waals surface area contributed by atoms with E-state index < -0.39 is 0 Å². The minimum Gasteiger partial charge on any atom is -0.374 e. The molecule has 88 valence electrons. The van der Waals surface area contributed by atoms with Gasteiger partial charge in [-0.25, -0.2) is 0 Å². The quantitative estimate of drug-likeness (QED) is 0.535. The molecule has 2 saturated carbocycles. The molecule has 0 N–H and O–H groups in total. The van der Waals surface area contributed by atoms with Crippen molar-refractivity contribution in [3.63, 3.8) is 0 Å². The van der Waals surface area contributed by atoms with Gasteiger partial charge in [0, 0.05) is 4.83 Å². The zero-order valence-corrected chi connectivity index (χ0v) is 11.2. The molecule has 0 aromatic carbocycles. The van der Waals surface area contributed by atoms with Crippen molar-refractivity contribution in [3.8, 4) is 0 Å². The lowest BCUT2D eigenvalue weighted by molar-refractivity contribution is -0.0321. The molecule has 0 radical (unpaired) electrons. The van der Waals surface area contributed by atoms with Crippen LogP contribution in [0.5, 0.6) is 0 Å². The van der Waals surface area contributed by atoms with Gasteiger partial charge in [0.15, 0.2) is 0 Å². The van der Waals surface area contributed by atoms with Crippen molar-refractivity contribution in [2.24, 2.45) is 0 Å². The molecule has 0 aromatic heterocycles. The molecule has 2 heteroatoms. The van der Waals surface area contributed by atoms with E-state index in [0.717, 1.165) is 0 Å². The van der Waals surface area contributed by atoms with Gasteiger partial charge in [0.1, 0.15) is 0 Å². The van der Waals surface area contributed by atoms with E-state index in [1.807, 2.05) is 0 Å². The van der Waals surface area contributed by atoms with Gasteiger partial charge in [-0.2, -0.15) is 0 Å². The van der Waals surface area contributed by atoms with Crippen LogP contribution in [0.25, 0.3) is 0 Å². The number of alkyl halides is 1. The van der Waals surface area contributed by atoms with Gasteiger partial charge in [-0.15, -0.1) is 0 Å². The molecule has 15 heavy (non-hydrogen) atoms. The predicted octanol–water partition coefficient (Wildman–Crippen LogP) is 4.43. The molecule has 0 bridgehead atoms. The van der Waals surface area contributed by atoms with Crippen LogP contribution in [-0.2, 0) is 4.74 Å². The van der Waals surface area contributed by atoms with E-state index in [-0.39, 0.29) is 0 Å². The highest BCUT2D eigenvalue weighted by atomic mass is 79.9. The zero-order chi connectivity index (χ0) is 10.5. The lowest BCUT2D eigenvalue weighted by Crippen LogP contribution is -2.30. The summed E-state index contributed by atoms with van der Waals surface area (Å²) in [5.74, 6) is 0. The van der Waals surface area contributed by atoms with Crippen molar-refractivity contribution in [3.05, 3.63) is 0 Å². The van der Waals surface area contributed by atoms with Crippen LogP contribution in [-0.4, -0.2) is 17.0 Å². The minimum atomic E-state index is 0.496. The van der Waals surface area contributed by atoms with Crippen molar-refractivity contribution in [1.29, 1.82) is 0 Å². The summed E-state index contributed by atoms with van der Waals surface area (Å²) in [6.45, 7) is 0. The Morgan fingerprint density at radius 1 is 0.733 bits per heavy atom. The largest absolute Gasteiger partial charge is 0.374 e. The normalized spacial score (nSPS) is 35.0. The summed E-state index contributed by atoms with van der Waals surface area (Å²) >= 11 is 3.81. The van der Waals surface area contributed by atoms with E-state index >= 15 is 0 Å². The van der Waals surface area contributed by atoms with Crippen molar-refractivity contribution >= 4 is 15.9 Å². The smallest absolute Gasteiger partial charge is 0.0703 e. The molecule has 0 aromatic rings. The molecular weight excluding hydrogens is 252 g/mol. The van der Waals surface area contributed by atoms with Crippen molar-refractivity contribution in [2.75, 3.05) is 0 Å². The molecule has 0 aliphatic heterocycles. The zero-order valence-electron chi connectivity index (χ0n) is 9.59. The van der Waals surface area contributed by atoms with E-state index in [1.54, 1.807) is 0 Å². The van der Waals surface area contributed by atoms with Crippen LogP contribution in [0.1, 0.15) is 64.2 Å². The summed E-state index contributed by atoms with van der Waals surface area (Å²) in [6.07, 6.45) is 14.6. The van der Waals surface area contributed by atoms with Gasteiger partial charge in [0.25, 0.3) is 0 Å². The predicted molar refractivity (Wildman–Crippen MR) is 67.5 cm³/mol. The maximum absolute atomic E-state index is 6.28. The van der Waals surface area contributed by atoms with Crippen molar-refractivity contribution in [2.45, 2.75) is 81.2 Å². The number of halogens is 1. The van der Waals surface area contributed by atoms with Crippen LogP contribution in [0.2, 0.25) is 0 Å². The molecule has 2 unspecified atom stereocenters. The molecule has 2 rings (SSSR count). The fraction of sp³-hybridized carbons (Fsp3) is 1.00. The Morgan fingerprint density at radius 3 is 2.07 bits per heavy atom. The Balaban J connectivity index is 1.79. The van der Waals surface area contributed by atoms with Gasteiger partial charge >= 0.3 is 0 Å². The molecule has 1 nitrogen and oxygen atoms in total. The third-order valence-electron chi connectivity index (χ3n) is 3.79. The number of rotatable bonds is 2. The van der Waals surface area contributed by atoms with Gasteiger partial charge in [-0.3, -0.25) is 0 Å². The van der Waals surface area contributed by atoms with Gasteiger partial charge in [-0.1, -0.05) is 54.5 Å². The molecule has 0 amide bonds. The van der Waals surface area contributed by atoms with E-state index in [9.17, 15) is 0 Å². The third-order valence-corrected chi connectivity index (χ3v) is 4.84. The van der Waals surface area contributed by atoms with E-state index in [0.29, 0.717) is 17.0 Å². The number of ether oxygens (including phenoxy) is 1. The van der Waals surface area contributed by atoms with Crippen LogP contribution in [0.4, 0.5) is 0 Å². The van der Waals surface area contributed by atoms with Gasteiger partial charge in [0.05, 0.1) is 12.2 Å². The van der Waals surface area contributed by atoms with E-state index in [2.05, 4.69) is 15.9 Å². The van der Waals surface area contributed by atoms with Gasteiger partial charge in [0.2, 0.25) is 0 Å². The molecule has 0 spiro atoms. The van der Waals surface area contributed by atoms with Gasteiger partial charge < -0.3 is 4.74 Å². The highest BCUT2D eigenvalue weighted by Crippen LogP contribution is 2.30. The molecule has 0 saturated heterocycles. The second-order valence-electron chi connectivity index (χ2n) is 5.09. The van der Waals surface area contributed by atoms with Crippen LogP contribution < -0.4 is 0 Å². The summed E-state index contributed by atoms with van der Waals surface area (Å²) in [5, 5.41) is 0. The highest BCUT2D eigenvalue weighted by molar-refractivity contribution is 9.09. The summed E-state index contributed by atoms with van der Waals surface area (Å²) < 4.78 is 6.28. The first kappa shape index (κ1) is 11.9. The van der Waals surface area contributed by atoms with Crippen molar-refractivity contribution < 1.29 is 4.74 Å². The average molecular weight is 275 g/mol. The summed E-state index contributed by atoms with van der Waals surface area (Å²) in [5.41, 5.74) is 0. The Bertz CT molecular complexity index is 177. The standard InChI is InChI=1S/C13H23BrO/c14-12-9-5-2-6-10-13(12)15-11-7-3-1-4-8-11/h11-13H,1-10H2. The fourth-order valence-corrected chi connectivity index (χ4v) is 3.54. The Kier molecular flexibility index (Phi) is 4.96. The number of hydrogen-bond acceptors (Lipinski definition) is 1. The monoisotopic (exact) mass is 274 g/mol. The lowest BCUT2D eigenvalue weighted by Gasteiger charge is -2.29. The van der Waals surface area contributed by atoms with Crippen LogP contribution in [0.3, 0.4) is 0 Å². The van der Waals surface area contributed by atoms with Crippen LogP contribution in [0.15, 0.2) is 0 Å². The van der Waals surface area contributed by atoms with E-state index in [1.165, 1.54) is 64.2 Å². The van der Waals surface area contributed by atoms with E-state index in [4.69, 9.17) is 4.74 Å². The minimum absolute atomic E-state index is 0.496. The molecular formula is C13H23BrO. The second kappa shape index (κ2) is 6.24. The van der Waals surface area contributed by atoms with Crippen LogP contribution in [0, 0.1) is 0 Å². The maximum Gasteiger partial charge on any atom is 0.0703 e. The summed E-state index contributed by atoms with van der Waals surface area (Å²) in [7, 11) is 0. The SMILES string of the molecule is BrC1CCCCCC1OC1CCCCC1. The topological polar surface area (TPSA) is 9.23 Å². The first-order valence-electron chi connectivity index (χ1n) is 6.66. The lowest BCUT2D eigenvalue weighted by atomic mass is 9.97. The highest BCUT2D eigenvalue weighted by Gasteiger charge is 2.25. The Morgan fingerprint density at radius 2 is 1.33 bits per heavy atom.